The molecular weight excluding hydrogens is 362 g/mol. The van der Waals surface area contributed by atoms with E-state index in [4.69, 9.17) is 0 Å². The lowest BCUT2D eigenvalue weighted by Crippen LogP contribution is -2.34. The summed E-state index contributed by atoms with van der Waals surface area (Å²) >= 11 is 0. The number of nitrogens with zero attached hydrogens (tertiary/aromatic N) is 3. The zero-order chi connectivity index (χ0) is 19.5. The van der Waals surface area contributed by atoms with Crippen LogP contribution in [0.2, 0.25) is 0 Å². The molecule has 0 amide bonds. The van der Waals surface area contributed by atoms with E-state index in [-0.39, 0.29) is 11.5 Å². The molecule has 1 N–H and O–H groups in total. The number of hydrogen-bond acceptors (Lipinski definition) is 4. The molecule has 1 unspecified atom stereocenters. The largest absolute Gasteiger partial charge is 0.305 e. The van der Waals surface area contributed by atoms with E-state index in [0.29, 0.717) is 30.2 Å². The normalized spacial score (nSPS) is 17.6. The number of aromatic nitrogens is 3. The van der Waals surface area contributed by atoms with Gasteiger partial charge in [-0.05, 0) is 49.2 Å². The summed E-state index contributed by atoms with van der Waals surface area (Å²) in [5.74, 6) is -0.607. The molecule has 0 saturated carbocycles. The van der Waals surface area contributed by atoms with Crippen molar-refractivity contribution in [1.82, 2.24) is 19.9 Å². The maximum atomic E-state index is 13.5. The molecule has 1 saturated heterocycles. The molecule has 144 valence electrons. The summed E-state index contributed by atoms with van der Waals surface area (Å²) in [5.41, 5.74) is 1.73. The summed E-state index contributed by atoms with van der Waals surface area (Å²) in [6.07, 6.45) is 3.49. The second-order valence-corrected chi connectivity index (χ2v) is 7.09. The third kappa shape index (κ3) is 4.31. The first-order chi connectivity index (χ1) is 13.6. The van der Waals surface area contributed by atoms with Crippen molar-refractivity contribution in [3.63, 3.8) is 0 Å². The van der Waals surface area contributed by atoms with Crippen LogP contribution in [0.15, 0.2) is 53.5 Å². The Morgan fingerprint density at radius 2 is 1.96 bits per heavy atom. The van der Waals surface area contributed by atoms with E-state index in [1.54, 1.807) is 18.3 Å². The Kier molecular flexibility index (Phi) is 5.25. The van der Waals surface area contributed by atoms with Gasteiger partial charge in [-0.15, -0.1) is 0 Å². The number of likely N-dealkylation sites (tertiary alicyclic amines) is 1. The fraction of sp³-hybridized carbons (Fsp3) is 0.286. The van der Waals surface area contributed by atoms with Gasteiger partial charge in [0.25, 0.3) is 5.56 Å². The highest BCUT2D eigenvalue weighted by Gasteiger charge is 2.24. The minimum Gasteiger partial charge on any atom is -0.305 e. The van der Waals surface area contributed by atoms with Gasteiger partial charge in [0.2, 0.25) is 0 Å². The van der Waals surface area contributed by atoms with Crippen LogP contribution in [0, 0.1) is 11.6 Å². The summed E-state index contributed by atoms with van der Waals surface area (Å²) < 4.78 is 26.9. The molecule has 2 aromatic heterocycles. The summed E-state index contributed by atoms with van der Waals surface area (Å²) in [6, 6.07) is 10.6. The van der Waals surface area contributed by atoms with Gasteiger partial charge >= 0.3 is 0 Å². The Morgan fingerprint density at radius 3 is 2.71 bits per heavy atom. The third-order valence-electron chi connectivity index (χ3n) is 4.92. The first-order valence-corrected chi connectivity index (χ1v) is 9.27. The van der Waals surface area contributed by atoms with Gasteiger partial charge in [-0.25, -0.2) is 13.8 Å². The Morgan fingerprint density at radius 1 is 1.14 bits per heavy atom. The van der Waals surface area contributed by atoms with Crippen LogP contribution in [0.4, 0.5) is 8.78 Å². The van der Waals surface area contributed by atoms with Crippen molar-refractivity contribution in [1.29, 1.82) is 0 Å². The Labute approximate surface area is 161 Å². The van der Waals surface area contributed by atoms with E-state index in [9.17, 15) is 13.6 Å². The maximum absolute atomic E-state index is 13.5. The highest BCUT2D eigenvalue weighted by molar-refractivity contribution is 5.48. The lowest BCUT2D eigenvalue weighted by molar-refractivity contribution is 0.198. The molecule has 1 fully saturated rings. The first kappa shape index (κ1) is 18.4. The van der Waals surface area contributed by atoms with Gasteiger partial charge in [-0.3, -0.25) is 14.7 Å². The second kappa shape index (κ2) is 7.98. The van der Waals surface area contributed by atoms with Crippen molar-refractivity contribution >= 4 is 0 Å². The fourth-order valence-electron chi connectivity index (χ4n) is 3.71. The average molecular weight is 382 g/mol. The van der Waals surface area contributed by atoms with Crippen molar-refractivity contribution in [3.8, 4) is 11.5 Å². The first-order valence-electron chi connectivity index (χ1n) is 9.27. The van der Waals surface area contributed by atoms with Crippen LogP contribution in [0.25, 0.3) is 11.5 Å². The van der Waals surface area contributed by atoms with Crippen molar-refractivity contribution < 1.29 is 8.78 Å². The smallest absolute Gasteiger partial charge is 0.251 e. The number of halogens is 2. The van der Waals surface area contributed by atoms with Crippen LogP contribution in [0.5, 0.6) is 0 Å². The van der Waals surface area contributed by atoms with E-state index in [1.807, 2.05) is 6.07 Å². The lowest BCUT2D eigenvalue weighted by atomic mass is 9.94. The average Bonchev–Trinajstić information content (AvgIpc) is 2.68. The van der Waals surface area contributed by atoms with E-state index >= 15 is 0 Å². The minimum absolute atomic E-state index is 0.0805. The maximum Gasteiger partial charge on any atom is 0.251 e. The summed E-state index contributed by atoms with van der Waals surface area (Å²) in [6.45, 7) is 1.97. The summed E-state index contributed by atoms with van der Waals surface area (Å²) in [4.78, 5) is 25.9. The van der Waals surface area contributed by atoms with Gasteiger partial charge in [0, 0.05) is 37.3 Å². The fourth-order valence-corrected chi connectivity index (χ4v) is 3.71. The number of pyridine rings is 1. The van der Waals surface area contributed by atoms with Crippen LogP contribution in [0.1, 0.15) is 30.0 Å². The van der Waals surface area contributed by atoms with Gasteiger partial charge in [0.15, 0.2) is 5.82 Å². The quantitative estimate of drug-likeness (QED) is 0.750. The third-order valence-corrected chi connectivity index (χ3v) is 4.92. The number of benzene rings is 1. The van der Waals surface area contributed by atoms with E-state index < -0.39 is 11.6 Å². The van der Waals surface area contributed by atoms with Crippen LogP contribution in [-0.2, 0) is 6.54 Å². The summed E-state index contributed by atoms with van der Waals surface area (Å²) in [7, 11) is 0. The van der Waals surface area contributed by atoms with Crippen LogP contribution in [-0.4, -0.2) is 32.9 Å². The predicted octanol–water partition coefficient (Wildman–Crippen LogP) is 3.49. The molecule has 1 aliphatic rings. The summed E-state index contributed by atoms with van der Waals surface area (Å²) in [5, 5.41) is 0. The number of piperidine rings is 1. The van der Waals surface area contributed by atoms with Gasteiger partial charge in [-0.2, -0.15) is 0 Å². The molecule has 0 aliphatic carbocycles. The number of rotatable bonds is 4. The molecule has 0 bridgehead atoms. The zero-order valence-corrected chi connectivity index (χ0v) is 15.2. The molecule has 0 spiro atoms. The van der Waals surface area contributed by atoms with Crippen LogP contribution < -0.4 is 5.56 Å². The Hall–Kier alpha value is -2.93. The molecule has 3 aromatic rings. The molecule has 3 heterocycles. The molecular formula is C21H20F2N4O. The van der Waals surface area contributed by atoms with Crippen molar-refractivity contribution in [2.24, 2.45) is 0 Å². The monoisotopic (exact) mass is 382 g/mol. The number of nitrogens with one attached hydrogen (secondary N) is 1. The number of H-pyrrole nitrogens is 1. The highest BCUT2D eigenvalue weighted by atomic mass is 19.1. The highest BCUT2D eigenvalue weighted by Crippen LogP contribution is 2.27. The molecule has 1 aromatic carbocycles. The molecule has 0 radical (unpaired) electrons. The standard InChI is InChI=1S/C21H20F2N4O/c22-16-8-14(9-17(23)10-16)12-27-7-3-4-15(13-27)19-11-20(28)26-21(25-19)18-5-1-2-6-24-18/h1-2,5-6,8-11,15H,3-4,7,12-13H2,(H,25,26,28). The van der Waals surface area contributed by atoms with E-state index in [1.165, 1.54) is 18.2 Å². The van der Waals surface area contributed by atoms with Crippen molar-refractivity contribution in [2.75, 3.05) is 13.1 Å². The topological polar surface area (TPSA) is 61.9 Å². The zero-order valence-electron chi connectivity index (χ0n) is 15.2. The number of hydrogen-bond donors (Lipinski definition) is 1. The van der Waals surface area contributed by atoms with Gasteiger partial charge in [0.1, 0.15) is 17.3 Å². The van der Waals surface area contributed by atoms with Crippen molar-refractivity contribution in [2.45, 2.75) is 25.3 Å². The molecule has 4 rings (SSSR count). The molecule has 1 aliphatic heterocycles. The number of aromatic amines is 1. The second-order valence-electron chi connectivity index (χ2n) is 7.09. The van der Waals surface area contributed by atoms with E-state index in [2.05, 4.69) is 19.9 Å². The van der Waals surface area contributed by atoms with Gasteiger partial charge in [0.05, 0.1) is 5.69 Å². The molecule has 28 heavy (non-hydrogen) atoms. The Balaban J connectivity index is 1.54. The SMILES string of the molecule is O=c1cc(C2CCCN(Cc3cc(F)cc(F)c3)C2)nc(-c2ccccn2)[nH]1. The van der Waals surface area contributed by atoms with Gasteiger partial charge in [-0.1, -0.05) is 6.07 Å². The Bertz CT molecular complexity index is 1000. The van der Waals surface area contributed by atoms with Gasteiger partial charge < -0.3 is 4.98 Å². The van der Waals surface area contributed by atoms with Crippen LogP contribution >= 0.6 is 0 Å². The van der Waals surface area contributed by atoms with Crippen molar-refractivity contribution in [3.05, 3.63) is 81.9 Å². The van der Waals surface area contributed by atoms with E-state index in [0.717, 1.165) is 31.1 Å². The van der Waals surface area contributed by atoms with Crippen LogP contribution in [0.3, 0.4) is 0 Å². The molecule has 5 nitrogen and oxygen atoms in total. The molecule has 1 atom stereocenters. The minimum atomic E-state index is -0.570. The molecule has 7 heteroatoms. The predicted molar refractivity (Wildman–Crippen MR) is 102 cm³/mol. The lowest BCUT2D eigenvalue weighted by Gasteiger charge is -2.32.